The van der Waals surface area contributed by atoms with Gasteiger partial charge in [-0.1, -0.05) is 30.3 Å². The van der Waals surface area contributed by atoms with Gasteiger partial charge in [0.25, 0.3) is 5.91 Å². The highest BCUT2D eigenvalue weighted by atomic mass is 19.1. The smallest absolute Gasteiger partial charge is 0.328 e. The molecule has 6 rings (SSSR count). The summed E-state index contributed by atoms with van der Waals surface area (Å²) in [5.74, 6) is -0.683. The average Bonchev–Trinajstić information content (AvgIpc) is 3.06. The average molecular weight is 650 g/mol. The normalized spacial score (nSPS) is 12.4. The summed E-state index contributed by atoms with van der Waals surface area (Å²) >= 11 is 0. The minimum atomic E-state index is -0.921. The molecule has 1 aliphatic rings. The molecule has 1 aromatic heterocycles. The van der Waals surface area contributed by atoms with Crippen LogP contribution in [0.2, 0.25) is 0 Å². The molecule has 3 N–H and O–H groups in total. The number of rotatable bonds is 10. The van der Waals surface area contributed by atoms with E-state index in [1.807, 2.05) is 56.3 Å². The largest absolute Gasteiger partial charge is 0.457 e. The number of aromatic nitrogens is 2. The van der Waals surface area contributed by atoms with E-state index in [2.05, 4.69) is 20.9 Å². The minimum absolute atomic E-state index is 0.00130. The first-order chi connectivity index (χ1) is 23.2. The molecule has 0 spiro atoms. The van der Waals surface area contributed by atoms with Crippen molar-refractivity contribution in [3.8, 4) is 22.8 Å². The summed E-state index contributed by atoms with van der Waals surface area (Å²) in [6.45, 7) is 2.98. The van der Waals surface area contributed by atoms with E-state index in [-0.39, 0.29) is 24.2 Å². The number of nitrogens with zero attached hydrogens (tertiary/aromatic N) is 4. The van der Waals surface area contributed by atoms with Crippen LogP contribution < -0.4 is 25.6 Å². The van der Waals surface area contributed by atoms with Gasteiger partial charge in [-0.25, -0.2) is 23.5 Å². The van der Waals surface area contributed by atoms with Crippen molar-refractivity contribution in [1.29, 1.82) is 0 Å². The van der Waals surface area contributed by atoms with E-state index in [1.54, 1.807) is 42.5 Å². The van der Waals surface area contributed by atoms with Crippen LogP contribution in [0.3, 0.4) is 0 Å². The van der Waals surface area contributed by atoms with Crippen LogP contribution in [0.25, 0.3) is 11.3 Å². The maximum Gasteiger partial charge on any atom is 0.328 e. The van der Waals surface area contributed by atoms with Crippen molar-refractivity contribution in [3.05, 3.63) is 119 Å². The molecule has 48 heavy (non-hydrogen) atoms. The highest BCUT2D eigenvalue weighted by Gasteiger charge is 2.34. The lowest BCUT2D eigenvalue weighted by Crippen LogP contribution is -2.43. The Hall–Kier alpha value is -5.88. The molecule has 5 aromatic rings. The minimum Gasteiger partial charge on any atom is -0.457 e. The number of aryl methyl sites for hydroxylation is 1. The summed E-state index contributed by atoms with van der Waals surface area (Å²) < 4.78 is 35.9. The number of fused-ring (bicyclic) bond motifs is 1. The second-order valence-electron chi connectivity index (χ2n) is 11.4. The third kappa shape index (κ3) is 6.93. The van der Waals surface area contributed by atoms with Crippen molar-refractivity contribution >= 4 is 35.1 Å². The Balaban J connectivity index is 1.35. The summed E-state index contributed by atoms with van der Waals surface area (Å²) in [5, 5.41) is 8.77. The number of benzene rings is 4. The summed E-state index contributed by atoms with van der Waals surface area (Å²) in [5.41, 5.74) is 2.59. The lowest BCUT2D eigenvalue weighted by molar-refractivity contribution is 0.102. The number of likely N-dealkylation sites (N-methyl/N-ethyl adjacent to an activating group) is 1. The standard InChI is InChI=1S/C36H33F2N7O3/c1-22-12-13-23(34(46)41-24-14-16-26(17-15-24)48-25-8-5-4-6-9-25)20-27(22)31-28-21-40-36(47)45(32-29(37)10-7-11-30(32)38)33(28)43-35(42-31)39-18-19-44(2)3/h4-17,20H,18-19,21H2,1-3H3,(H,40,47)(H,41,46)(H,39,42,43). The molecule has 0 bridgehead atoms. The lowest BCUT2D eigenvalue weighted by Gasteiger charge is -2.31. The van der Waals surface area contributed by atoms with Gasteiger partial charge in [0.2, 0.25) is 5.95 Å². The maximum atomic E-state index is 15.0. The molecule has 0 atom stereocenters. The molecular weight excluding hydrogens is 616 g/mol. The van der Waals surface area contributed by atoms with Crippen LogP contribution in [0.1, 0.15) is 21.5 Å². The van der Waals surface area contributed by atoms with Crippen molar-refractivity contribution in [2.75, 3.05) is 42.7 Å². The molecule has 1 aliphatic heterocycles. The fourth-order valence-corrected chi connectivity index (χ4v) is 5.21. The molecule has 0 radical (unpaired) electrons. The number of carbonyl (C=O) groups excluding carboxylic acids is 2. The number of urea groups is 1. The summed E-state index contributed by atoms with van der Waals surface area (Å²) in [4.78, 5) is 38.8. The summed E-state index contributed by atoms with van der Waals surface area (Å²) in [6.07, 6.45) is 0. The second kappa shape index (κ2) is 13.9. The topological polar surface area (TPSA) is 112 Å². The van der Waals surface area contributed by atoms with E-state index in [9.17, 15) is 9.59 Å². The zero-order chi connectivity index (χ0) is 33.8. The first-order valence-corrected chi connectivity index (χ1v) is 15.2. The zero-order valence-electron chi connectivity index (χ0n) is 26.6. The first-order valence-electron chi connectivity index (χ1n) is 15.2. The van der Waals surface area contributed by atoms with Crippen molar-refractivity contribution in [3.63, 3.8) is 0 Å². The maximum absolute atomic E-state index is 15.0. The number of hydrogen-bond donors (Lipinski definition) is 3. The van der Waals surface area contributed by atoms with E-state index in [0.717, 1.165) is 22.6 Å². The highest BCUT2D eigenvalue weighted by Crippen LogP contribution is 2.39. The molecule has 4 aromatic carbocycles. The Labute approximate surface area is 276 Å². The Bertz CT molecular complexity index is 1950. The van der Waals surface area contributed by atoms with Crippen molar-refractivity contribution < 1.29 is 23.1 Å². The van der Waals surface area contributed by atoms with Crippen LogP contribution in [-0.4, -0.2) is 54.0 Å². The predicted molar refractivity (Wildman–Crippen MR) is 181 cm³/mol. The van der Waals surface area contributed by atoms with Crippen LogP contribution in [0.5, 0.6) is 11.5 Å². The number of ether oxygens (including phenoxy) is 1. The third-order valence-corrected chi connectivity index (χ3v) is 7.67. The van der Waals surface area contributed by atoms with Gasteiger partial charge < -0.3 is 25.6 Å². The number of carbonyl (C=O) groups is 2. The van der Waals surface area contributed by atoms with Crippen molar-refractivity contribution in [2.24, 2.45) is 0 Å². The fourth-order valence-electron chi connectivity index (χ4n) is 5.21. The van der Waals surface area contributed by atoms with Crippen LogP contribution in [0, 0.1) is 18.6 Å². The van der Waals surface area contributed by atoms with Gasteiger partial charge in [0.15, 0.2) is 5.82 Å². The van der Waals surface area contributed by atoms with Crippen LogP contribution in [0.4, 0.5) is 36.7 Å². The molecule has 2 heterocycles. The molecule has 10 nitrogen and oxygen atoms in total. The van der Waals surface area contributed by atoms with Crippen LogP contribution in [0.15, 0.2) is 91.0 Å². The fraction of sp³-hybridized carbons (Fsp3) is 0.167. The van der Waals surface area contributed by atoms with E-state index >= 15 is 8.78 Å². The Morgan fingerprint density at radius 1 is 0.938 bits per heavy atom. The van der Waals surface area contributed by atoms with Gasteiger partial charge in [-0.2, -0.15) is 4.98 Å². The Morgan fingerprint density at radius 2 is 1.65 bits per heavy atom. The molecule has 0 unspecified atom stereocenters. The van der Waals surface area contributed by atoms with Gasteiger partial charge in [-0.05, 0) is 87.2 Å². The van der Waals surface area contributed by atoms with Crippen LogP contribution in [-0.2, 0) is 6.54 Å². The number of hydrogen-bond acceptors (Lipinski definition) is 7. The molecule has 12 heteroatoms. The van der Waals surface area contributed by atoms with Gasteiger partial charge in [0.1, 0.15) is 28.8 Å². The summed E-state index contributed by atoms with van der Waals surface area (Å²) in [7, 11) is 3.83. The van der Waals surface area contributed by atoms with Gasteiger partial charge in [0.05, 0.1) is 12.2 Å². The van der Waals surface area contributed by atoms with Crippen LogP contribution >= 0.6 is 0 Å². The van der Waals surface area contributed by atoms with Crippen molar-refractivity contribution in [2.45, 2.75) is 13.5 Å². The Morgan fingerprint density at radius 3 is 2.35 bits per heavy atom. The summed E-state index contributed by atoms with van der Waals surface area (Å²) in [6, 6.07) is 24.2. The number of amides is 3. The van der Waals surface area contributed by atoms with E-state index in [4.69, 9.17) is 9.72 Å². The number of para-hydroxylation sites is 2. The van der Waals surface area contributed by atoms with Gasteiger partial charge >= 0.3 is 6.03 Å². The van der Waals surface area contributed by atoms with Gasteiger partial charge in [-0.15, -0.1) is 0 Å². The zero-order valence-corrected chi connectivity index (χ0v) is 26.6. The monoisotopic (exact) mass is 649 g/mol. The van der Waals surface area contributed by atoms with Gasteiger partial charge in [0, 0.05) is 35.5 Å². The quantitative estimate of drug-likeness (QED) is 0.148. The third-order valence-electron chi connectivity index (χ3n) is 7.67. The first kappa shape index (κ1) is 32.1. The molecule has 244 valence electrons. The number of halogens is 2. The van der Waals surface area contributed by atoms with Crippen molar-refractivity contribution in [1.82, 2.24) is 20.2 Å². The van der Waals surface area contributed by atoms with E-state index < -0.39 is 23.4 Å². The molecule has 3 amide bonds. The molecule has 0 aliphatic carbocycles. The highest BCUT2D eigenvalue weighted by molar-refractivity contribution is 6.06. The number of nitrogens with one attached hydrogen (secondary N) is 3. The van der Waals surface area contributed by atoms with E-state index in [0.29, 0.717) is 52.7 Å². The lowest BCUT2D eigenvalue weighted by atomic mass is 9.97. The molecule has 0 saturated heterocycles. The second-order valence-corrected chi connectivity index (χ2v) is 11.4. The molecule has 0 saturated carbocycles. The predicted octanol–water partition coefficient (Wildman–Crippen LogP) is 7.11. The van der Waals surface area contributed by atoms with Gasteiger partial charge in [-0.3, -0.25) is 4.79 Å². The SMILES string of the molecule is Cc1ccc(C(=O)Nc2ccc(Oc3ccccc3)cc2)cc1-c1nc(NCCN(C)C)nc2c1CNC(=O)N2c1c(F)cccc1F. The molecular formula is C36H33F2N7O3. The van der Waals surface area contributed by atoms with E-state index in [1.165, 1.54) is 6.07 Å². The number of anilines is 4. The molecule has 0 fully saturated rings. The Kier molecular flexibility index (Phi) is 9.26.